The highest BCUT2D eigenvalue weighted by Crippen LogP contribution is 2.24. The topological polar surface area (TPSA) is 32.6 Å². The van der Waals surface area contributed by atoms with Gasteiger partial charge in [-0.3, -0.25) is 0 Å². The smallest absolute Gasteiger partial charge is 0.222 e. The maximum Gasteiger partial charge on any atom is 0.222 e. The molecule has 12 heavy (non-hydrogen) atoms. The van der Waals surface area contributed by atoms with Gasteiger partial charge in [-0.1, -0.05) is 6.08 Å². The average molecular weight is 190 g/mol. The van der Waals surface area contributed by atoms with Crippen LogP contribution in [-0.4, -0.2) is 34.3 Å². The molecule has 1 N–H and O–H groups in total. The van der Waals surface area contributed by atoms with Gasteiger partial charge in [-0.25, -0.2) is 4.99 Å². The Labute approximate surface area is 77.7 Å². The van der Waals surface area contributed by atoms with E-state index in [0.29, 0.717) is 19.5 Å². The van der Waals surface area contributed by atoms with Crippen LogP contribution < -0.4 is 0 Å². The van der Waals surface area contributed by atoms with Crippen molar-refractivity contribution in [3.63, 3.8) is 0 Å². The van der Waals surface area contributed by atoms with Crippen molar-refractivity contribution in [3.8, 4) is 0 Å². The van der Waals surface area contributed by atoms with Gasteiger partial charge in [0.2, 0.25) is 12.1 Å². The Kier molecular flexibility index (Phi) is 2.88. The molecule has 3 nitrogen and oxygen atoms in total. The highest BCUT2D eigenvalue weighted by molar-refractivity contribution is 6.13. The molecule has 0 aromatic rings. The summed E-state index contributed by atoms with van der Waals surface area (Å²) in [5.41, 5.74) is 0. The normalized spacial score (nSPS) is 31.4. The van der Waals surface area contributed by atoms with Crippen LogP contribution in [0.1, 0.15) is 13.3 Å². The second-order valence-electron chi connectivity index (χ2n) is 2.92. The van der Waals surface area contributed by atoms with Crippen LogP contribution in [0.15, 0.2) is 17.6 Å². The first-order valence-corrected chi connectivity index (χ1v) is 4.35. The first-order valence-electron chi connectivity index (χ1n) is 4.01. The third kappa shape index (κ3) is 1.53. The van der Waals surface area contributed by atoms with E-state index in [9.17, 15) is 5.11 Å². The zero-order valence-corrected chi connectivity index (χ0v) is 7.96. The molecule has 0 radical (unpaired) electrons. The fraction of sp³-hybridized carbons (Fsp3) is 0.625. The Morgan fingerprint density at radius 1 is 1.92 bits per heavy atom. The van der Waals surface area contributed by atoms with Gasteiger partial charge in [0.25, 0.3) is 0 Å². The van der Waals surface area contributed by atoms with Crippen LogP contribution >= 0.6 is 11.8 Å². The molecular formula is C8H14ClN2O+. The molecule has 2 unspecified atom stereocenters. The Hall–Kier alpha value is -0.380. The molecule has 1 aliphatic heterocycles. The molecule has 0 aromatic heterocycles. The molecule has 2 atom stereocenters. The number of aliphatic imine (C=N–C) groups is 1. The number of aliphatic hydroxyl groups excluding tert-OH is 1. The van der Waals surface area contributed by atoms with Crippen molar-refractivity contribution in [2.45, 2.75) is 19.6 Å². The van der Waals surface area contributed by atoms with E-state index >= 15 is 0 Å². The first kappa shape index (κ1) is 9.71. The Morgan fingerprint density at radius 2 is 2.58 bits per heavy atom. The molecule has 0 saturated heterocycles. The lowest BCUT2D eigenvalue weighted by Gasteiger charge is -2.26. The van der Waals surface area contributed by atoms with Crippen molar-refractivity contribution < 1.29 is 9.11 Å². The maximum absolute atomic E-state index is 9.43. The Balaban J connectivity index is 2.78. The van der Waals surface area contributed by atoms with Crippen molar-refractivity contribution in [2.24, 2.45) is 4.99 Å². The van der Waals surface area contributed by atoms with Crippen molar-refractivity contribution >= 4 is 17.6 Å². The van der Waals surface area contributed by atoms with Gasteiger partial charge in [-0.05, 0) is 0 Å². The maximum atomic E-state index is 9.43. The fourth-order valence-electron chi connectivity index (χ4n) is 1.32. The fourth-order valence-corrected chi connectivity index (χ4v) is 1.52. The molecule has 1 aliphatic rings. The minimum atomic E-state index is -0.604. The lowest BCUT2D eigenvalue weighted by atomic mass is 10.3. The molecule has 0 fully saturated rings. The van der Waals surface area contributed by atoms with E-state index in [-0.39, 0.29) is 4.00 Å². The predicted molar refractivity (Wildman–Crippen MR) is 49.8 cm³/mol. The number of amidine groups is 1. The number of rotatable bonds is 3. The molecule has 0 bridgehead atoms. The lowest BCUT2D eigenvalue weighted by molar-refractivity contribution is -0.771. The van der Waals surface area contributed by atoms with E-state index in [2.05, 4.69) is 11.6 Å². The molecule has 1 rings (SSSR count). The van der Waals surface area contributed by atoms with E-state index in [0.717, 1.165) is 5.84 Å². The number of aliphatic hydroxyl groups is 1. The summed E-state index contributed by atoms with van der Waals surface area (Å²) in [5, 5.41) is 9.43. The molecule has 0 aromatic carbocycles. The van der Waals surface area contributed by atoms with E-state index in [1.54, 1.807) is 13.0 Å². The van der Waals surface area contributed by atoms with Crippen LogP contribution in [-0.2, 0) is 0 Å². The molecular weight excluding hydrogens is 176 g/mol. The van der Waals surface area contributed by atoms with Gasteiger partial charge in [-0.15, -0.1) is 6.58 Å². The number of nitrogens with zero attached hydrogens (tertiary/aromatic N) is 2. The summed E-state index contributed by atoms with van der Waals surface area (Å²) >= 11 is 6.16. The summed E-state index contributed by atoms with van der Waals surface area (Å²) < 4.78 is 0.0338. The molecule has 1 heterocycles. The minimum Gasteiger partial charge on any atom is -0.343 e. The lowest BCUT2D eigenvalue weighted by Crippen LogP contribution is -2.48. The summed E-state index contributed by atoms with van der Waals surface area (Å²) in [6, 6.07) is 0. The molecule has 4 heteroatoms. The van der Waals surface area contributed by atoms with Gasteiger partial charge in [0.05, 0.1) is 13.0 Å². The van der Waals surface area contributed by atoms with E-state index in [1.807, 2.05) is 0 Å². The van der Waals surface area contributed by atoms with Gasteiger partial charge in [0, 0.05) is 6.92 Å². The minimum absolute atomic E-state index is 0.0338. The zero-order valence-electron chi connectivity index (χ0n) is 7.20. The summed E-state index contributed by atoms with van der Waals surface area (Å²) in [6.45, 7) is 6.66. The van der Waals surface area contributed by atoms with Crippen LogP contribution in [0.3, 0.4) is 0 Å². The predicted octanol–water partition coefficient (Wildman–Crippen LogP) is 1.28. The van der Waals surface area contributed by atoms with E-state index in [1.165, 1.54) is 0 Å². The van der Waals surface area contributed by atoms with Crippen LogP contribution in [0.25, 0.3) is 0 Å². The third-order valence-electron chi connectivity index (χ3n) is 2.07. The van der Waals surface area contributed by atoms with Crippen LogP contribution in [0, 0.1) is 0 Å². The highest BCUT2D eigenvalue weighted by atomic mass is 35.5. The molecule has 0 spiro atoms. The van der Waals surface area contributed by atoms with E-state index in [4.69, 9.17) is 11.8 Å². The standard InChI is InChI=1S/C8H14ClN2O/c1-3-4-8-10-5-6-11(8,9)7(2)12/h3,7,12H,1,4-6H2,2H3/q+1. The SMILES string of the molecule is C=CCC1=NCC[N+]1(Cl)C(C)O. The second-order valence-corrected chi connectivity index (χ2v) is 3.52. The molecule has 0 saturated carbocycles. The van der Waals surface area contributed by atoms with Gasteiger partial charge in [0.15, 0.2) is 11.8 Å². The monoisotopic (exact) mass is 189 g/mol. The summed E-state index contributed by atoms with van der Waals surface area (Å²) in [4.78, 5) is 4.23. The quantitative estimate of drug-likeness (QED) is 0.527. The van der Waals surface area contributed by atoms with Crippen LogP contribution in [0.2, 0.25) is 0 Å². The number of quaternary nitrogens is 1. The van der Waals surface area contributed by atoms with Gasteiger partial charge < -0.3 is 5.11 Å². The van der Waals surface area contributed by atoms with Crippen LogP contribution in [0.5, 0.6) is 0 Å². The molecule has 68 valence electrons. The van der Waals surface area contributed by atoms with E-state index < -0.39 is 6.23 Å². The van der Waals surface area contributed by atoms with Crippen molar-refractivity contribution in [3.05, 3.63) is 12.7 Å². The van der Waals surface area contributed by atoms with Gasteiger partial charge >= 0.3 is 0 Å². The zero-order chi connectivity index (χ0) is 9.19. The Bertz CT molecular complexity index is 215. The number of halogens is 1. The molecule has 0 aliphatic carbocycles. The first-order chi connectivity index (χ1) is 5.61. The third-order valence-corrected chi connectivity index (χ3v) is 2.71. The van der Waals surface area contributed by atoms with Crippen molar-refractivity contribution in [1.82, 2.24) is 0 Å². The van der Waals surface area contributed by atoms with Crippen LogP contribution in [0.4, 0.5) is 0 Å². The van der Waals surface area contributed by atoms with Gasteiger partial charge in [-0.2, -0.15) is 4.00 Å². The molecule has 0 amide bonds. The largest absolute Gasteiger partial charge is 0.343 e. The average Bonchev–Trinajstić information content (AvgIpc) is 2.35. The summed E-state index contributed by atoms with van der Waals surface area (Å²) in [5.74, 6) is 0.807. The highest BCUT2D eigenvalue weighted by Gasteiger charge is 2.41. The summed E-state index contributed by atoms with van der Waals surface area (Å²) in [7, 11) is 0. The van der Waals surface area contributed by atoms with Gasteiger partial charge in [0.1, 0.15) is 6.54 Å². The summed E-state index contributed by atoms with van der Waals surface area (Å²) in [6.07, 6.45) is 1.80. The number of hydrogen-bond acceptors (Lipinski definition) is 2. The van der Waals surface area contributed by atoms with Crippen molar-refractivity contribution in [2.75, 3.05) is 13.1 Å². The Morgan fingerprint density at radius 3 is 3.08 bits per heavy atom. The second kappa shape index (κ2) is 3.56. The van der Waals surface area contributed by atoms with Crippen molar-refractivity contribution in [1.29, 1.82) is 0 Å². The number of hydrogen-bond donors (Lipinski definition) is 1.